The van der Waals surface area contributed by atoms with Crippen LogP contribution in [-0.2, 0) is 14.3 Å². The van der Waals surface area contributed by atoms with E-state index in [4.69, 9.17) is 9.47 Å². The topological polar surface area (TPSA) is 93.2 Å². The molecule has 1 aliphatic heterocycles. The lowest BCUT2D eigenvalue weighted by Crippen LogP contribution is -2.46. The number of para-hydroxylation sites is 1. The fraction of sp³-hybridized carbons (Fsp3) is 0.238. The van der Waals surface area contributed by atoms with E-state index in [1.54, 1.807) is 49.4 Å². The number of rotatable bonds is 6. The van der Waals surface area contributed by atoms with Gasteiger partial charge in [0, 0.05) is 5.69 Å². The Morgan fingerprint density at radius 3 is 2.03 bits per heavy atom. The molecule has 2 aromatic rings. The Hall–Kier alpha value is -3.68. The smallest absolute Gasteiger partial charge is 0.415 e. The molecule has 0 N–H and O–H groups in total. The van der Waals surface area contributed by atoms with Crippen LogP contribution >= 0.6 is 0 Å². The molecule has 8 heteroatoms. The predicted octanol–water partition coefficient (Wildman–Crippen LogP) is 2.83. The van der Waals surface area contributed by atoms with Crippen molar-refractivity contribution in [3.63, 3.8) is 0 Å². The van der Waals surface area contributed by atoms with E-state index in [-0.39, 0.29) is 17.7 Å². The Kier molecular flexibility index (Phi) is 5.92. The highest BCUT2D eigenvalue weighted by atomic mass is 16.6. The third-order valence-corrected chi connectivity index (χ3v) is 4.44. The predicted molar refractivity (Wildman–Crippen MR) is 103 cm³/mol. The zero-order chi connectivity index (χ0) is 21.0. The Morgan fingerprint density at radius 1 is 0.931 bits per heavy atom. The summed E-state index contributed by atoms with van der Waals surface area (Å²) in [4.78, 5) is 51.7. The molecule has 150 valence electrons. The number of hydrogen-bond donors (Lipinski definition) is 0. The molecule has 3 amide bonds. The highest BCUT2D eigenvalue weighted by Crippen LogP contribution is 2.23. The van der Waals surface area contributed by atoms with Crippen LogP contribution in [0.3, 0.4) is 0 Å². The minimum Gasteiger partial charge on any atom is -0.449 e. The number of benzene rings is 2. The van der Waals surface area contributed by atoms with Crippen molar-refractivity contribution in [1.29, 1.82) is 0 Å². The summed E-state index contributed by atoms with van der Waals surface area (Å²) in [7, 11) is 0. The molecule has 0 radical (unpaired) electrons. The first kappa shape index (κ1) is 20.1. The van der Waals surface area contributed by atoms with Gasteiger partial charge in [-0.3, -0.25) is 14.5 Å². The summed E-state index contributed by atoms with van der Waals surface area (Å²) in [5, 5.41) is 0. The summed E-state index contributed by atoms with van der Waals surface area (Å²) in [5.74, 6) is -1.84. The lowest BCUT2D eigenvalue weighted by Gasteiger charge is -2.27. The van der Waals surface area contributed by atoms with Gasteiger partial charge in [0.15, 0.2) is 6.73 Å². The number of amides is 3. The van der Waals surface area contributed by atoms with E-state index in [0.717, 1.165) is 9.80 Å². The van der Waals surface area contributed by atoms with Crippen LogP contribution in [0.4, 0.5) is 10.5 Å². The van der Waals surface area contributed by atoms with Crippen molar-refractivity contribution >= 4 is 29.6 Å². The molecular formula is C21H20N2O6. The summed E-state index contributed by atoms with van der Waals surface area (Å²) < 4.78 is 10.2. The van der Waals surface area contributed by atoms with Crippen LogP contribution in [0.25, 0.3) is 0 Å². The van der Waals surface area contributed by atoms with Crippen LogP contribution in [0.5, 0.6) is 0 Å². The van der Waals surface area contributed by atoms with E-state index < -0.39 is 36.6 Å². The molecule has 1 heterocycles. The maximum Gasteiger partial charge on any atom is 0.415 e. The van der Waals surface area contributed by atoms with Gasteiger partial charge in [-0.05, 0) is 38.1 Å². The lowest BCUT2D eigenvalue weighted by atomic mass is 10.1. The molecule has 1 atom stereocenters. The Morgan fingerprint density at radius 2 is 1.48 bits per heavy atom. The molecule has 3 rings (SSSR count). The molecule has 0 fully saturated rings. The average molecular weight is 396 g/mol. The monoisotopic (exact) mass is 396 g/mol. The van der Waals surface area contributed by atoms with E-state index in [0.29, 0.717) is 5.69 Å². The number of nitrogens with zero attached hydrogens (tertiary/aromatic N) is 2. The van der Waals surface area contributed by atoms with Crippen molar-refractivity contribution in [3.05, 3.63) is 65.7 Å². The van der Waals surface area contributed by atoms with Gasteiger partial charge in [-0.15, -0.1) is 0 Å². The first-order valence-corrected chi connectivity index (χ1v) is 9.08. The normalized spacial score (nSPS) is 13.7. The Labute approximate surface area is 167 Å². The highest BCUT2D eigenvalue weighted by molar-refractivity contribution is 6.21. The zero-order valence-electron chi connectivity index (χ0n) is 16.0. The van der Waals surface area contributed by atoms with Gasteiger partial charge in [-0.25, -0.2) is 14.5 Å². The van der Waals surface area contributed by atoms with E-state index in [1.165, 1.54) is 19.1 Å². The average Bonchev–Trinajstić information content (AvgIpc) is 2.97. The number of imide groups is 1. The summed E-state index contributed by atoms with van der Waals surface area (Å²) in [6.45, 7) is 2.74. The number of fused-ring (bicyclic) bond motifs is 1. The second-order valence-corrected chi connectivity index (χ2v) is 6.26. The van der Waals surface area contributed by atoms with Gasteiger partial charge >= 0.3 is 12.1 Å². The lowest BCUT2D eigenvalue weighted by molar-refractivity contribution is -0.147. The Balaban J connectivity index is 1.71. The maximum absolute atomic E-state index is 12.6. The van der Waals surface area contributed by atoms with Crippen molar-refractivity contribution in [3.8, 4) is 0 Å². The highest BCUT2D eigenvalue weighted by Gasteiger charge is 2.37. The molecule has 8 nitrogen and oxygen atoms in total. The van der Waals surface area contributed by atoms with Gasteiger partial charge in [0.1, 0.15) is 6.04 Å². The molecule has 2 aromatic carbocycles. The molecule has 0 saturated carbocycles. The minimum atomic E-state index is -1.04. The quantitative estimate of drug-likeness (QED) is 0.551. The van der Waals surface area contributed by atoms with E-state index in [9.17, 15) is 19.2 Å². The molecule has 0 aliphatic carbocycles. The Bertz CT molecular complexity index is 908. The van der Waals surface area contributed by atoms with Crippen LogP contribution < -0.4 is 4.90 Å². The van der Waals surface area contributed by atoms with Crippen molar-refractivity contribution in [1.82, 2.24) is 4.90 Å². The van der Waals surface area contributed by atoms with E-state index >= 15 is 0 Å². The SMILES string of the molecule is CCOC(=O)N(c1ccccc1)C(C)C(=O)OCN1C(=O)c2ccccc2C1=O. The number of carbonyl (C=O) groups is 4. The summed E-state index contributed by atoms with van der Waals surface area (Å²) >= 11 is 0. The molecule has 0 spiro atoms. The minimum absolute atomic E-state index is 0.138. The van der Waals surface area contributed by atoms with Gasteiger partial charge in [0.05, 0.1) is 17.7 Å². The third kappa shape index (κ3) is 3.96. The summed E-state index contributed by atoms with van der Waals surface area (Å²) in [6, 6.07) is 13.9. The van der Waals surface area contributed by atoms with Crippen LogP contribution in [-0.4, -0.2) is 48.2 Å². The molecule has 1 aliphatic rings. The van der Waals surface area contributed by atoms with Crippen molar-refractivity contribution < 1.29 is 28.7 Å². The van der Waals surface area contributed by atoms with Crippen LogP contribution in [0.1, 0.15) is 34.6 Å². The van der Waals surface area contributed by atoms with Crippen molar-refractivity contribution in [2.45, 2.75) is 19.9 Å². The van der Waals surface area contributed by atoms with Crippen LogP contribution in [0.15, 0.2) is 54.6 Å². The first-order chi connectivity index (χ1) is 14.0. The van der Waals surface area contributed by atoms with Crippen LogP contribution in [0, 0.1) is 0 Å². The summed E-state index contributed by atoms with van der Waals surface area (Å²) in [6.07, 6.45) is -0.705. The fourth-order valence-corrected chi connectivity index (χ4v) is 2.98. The van der Waals surface area contributed by atoms with E-state index in [2.05, 4.69) is 0 Å². The van der Waals surface area contributed by atoms with E-state index in [1.807, 2.05) is 0 Å². The van der Waals surface area contributed by atoms with Crippen molar-refractivity contribution in [2.24, 2.45) is 0 Å². The second-order valence-electron chi connectivity index (χ2n) is 6.26. The number of anilines is 1. The first-order valence-electron chi connectivity index (χ1n) is 9.08. The molecule has 0 aromatic heterocycles. The standard InChI is InChI=1S/C21H20N2O6/c1-3-28-21(27)23(15-9-5-4-6-10-15)14(2)20(26)29-13-22-18(24)16-11-7-8-12-17(16)19(22)25/h4-12,14H,3,13H2,1-2H3. The number of carbonyl (C=O) groups excluding carboxylic acids is 4. The largest absolute Gasteiger partial charge is 0.449 e. The van der Waals surface area contributed by atoms with Crippen LogP contribution in [0.2, 0.25) is 0 Å². The maximum atomic E-state index is 12.6. The van der Waals surface area contributed by atoms with Gasteiger partial charge in [-0.1, -0.05) is 30.3 Å². The molecule has 0 bridgehead atoms. The molecule has 29 heavy (non-hydrogen) atoms. The van der Waals surface area contributed by atoms with Gasteiger partial charge < -0.3 is 9.47 Å². The number of hydrogen-bond acceptors (Lipinski definition) is 6. The van der Waals surface area contributed by atoms with Gasteiger partial charge in [0.25, 0.3) is 11.8 Å². The second kappa shape index (κ2) is 8.55. The molecule has 0 saturated heterocycles. The fourth-order valence-electron chi connectivity index (χ4n) is 2.98. The number of ether oxygens (including phenoxy) is 2. The van der Waals surface area contributed by atoms with Crippen molar-refractivity contribution in [2.75, 3.05) is 18.2 Å². The molecule has 1 unspecified atom stereocenters. The summed E-state index contributed by atoms with van der Waals surface area (Å²) in [5.41, 5.74) is 0.981. The number of esters is 1. The third-order valence-electron chi connectivity index (χ3n) is 4.44. The van der Waals surface area contributed by atoms with Gasteiger partial charge in [-0.2, -0.15) is 0 Å². The molecular weight excluding hydrogens is 376 g/mol. The van der Waals surface area contributed by atoms with Gasteiger partial charge in [0.2, 0.25) is 0 Å². The zero-order valence-corrected chi connectivity index (χ0v) is 16.0.